The summed E-state index contributed by atoms with van der Waals surface area (Å²) < 4.78 is 21.2. The predicted molar refractivity (Wildman–Crippen MR) is 125 cm³/mol. The van der Waals surface area contributed by atoms with E-state index in [-0.39, 0.29) is 48.6 Å². The van der Waals surface area contributed by atoms with Crippen LogP contribution in [0.2, 0.25) is 0 Å². The van der Waals surface area contributed by atoms with Gasteiger partial charge in [-0.25, -0.2) is 0 Å². The number of rotatable bonds is 11. The van der Waals surface area contributed by atoms with Crippen molar-refractivity contribution in [3.8, 4) is 11.5 Å². The van der Waals surface area contributed by atoms with Crippen LogP contribution in [-0.4, -0.2) is 42.1 Å². The Hall–Kier alpha value is -2.94. The normalized spacial score (nSPS) is 13.9. The Morgan fingerprint density at radius 1 is 0.853 bits per heavy atom. The lowest BCUT2D eigenvalue weighted by Gasteiger charge is -2.24. The molecule has 1 aromatic rings. The summed E-state index contributed by atoms with van der Waals surface area (Å²) in [6.07, 6.45) is -0.720. The number of hydrogen-bond acceptors (Lipinski definition) is 9. The summed E-state index contributed by atoms with van der Waals surface area (Å²) in [6, 6.07) is 3.59. The van der Waals surface area contributed by atoms with E-state index in [1.807, 2.05) is 20.8 Å². The zero-order valence-electron chi connectivity index (χ0n) is 21.1. The Morgan fingerprint density at radius 2 is 1.38 bits per heavy atom. The van der Waals surface area contributed by atoms with Gasteiger partial charge >= 0.3 is 23.9 Å². The molecule has 3 atom stereocenters. The topological polar surface area (TPSA) is 131 Å². The van der Waals surface area contributed by atoms with Gasteiger partial charge in [-0.1, -0.05) is 40.7 Å². The minimum Gasteiger partial charge on any atom is -0.459 e. The highest BCUT2D eigenvalue weighted by atomic mass is 16.6. The molecule has 1 rings (SSSR count). The van der Waals surface area contributed by atoms with Gasteiger partial charge in [0.25, 0.3) is 0 Å². The Morgan fingerprint density at radius 3 is 1.91 bits per heavy atom. The second kappa shape index (κ2) is 13.1. The average Bonchev–Trinajstić information content (AvgIpc) is 2.73. The molecule has 9 nitrogen and oxygen atoms in total. The number of nitrogens with two attached hydrogens (primary N) is 1. The van der Waals surface area contributed by atoms with Crippen LogP contribution in [0.25, 0.3) is 0 Å². The van der Waals surface area contributed by atoms with Crippen molar-refractivity contribution in [3.05, 3.63) is 23.8 Å². The molecule has 0 aliphatic carbocycles. The Kier molecular flexibility index (Phi) is 11.2. The Bertz CT molecular complexity index is 874. The van der Waals surface area contributed by atoms with Crippen molar-refractivity contribution in [1.29, 1.82) is 0 Å². The lowest BCUT2D eigenvalue weighted by Crippen LogP contribution is -2.39. The largest absolute Gasteiger partial charge is 0.459 e. The van der Waals surface area contributed by atoms with Crippen LogP contribution in [0.1, 0.15) is 73.3 Å². The number of ether oxygens (including phenoxy) is 4. The van der Waals surface area contributed by atoms with Gasteiger partial charge in [-0.05, 0) is 43.4 Å². The van der Waals surface area contributed by atoms with Gasteiger partial charge in [0.2, 0.25) is 0 Å². The fourth-order valence-corrected chi connectivity index (χ4v) is 2.71. The predicted octanol–water partition coefficient (Wildman–Crippen LogP) is 3.49. The summed E-state index contributed by atoms with van der Waals surface area (Å²) >= 11 is 0. The van der Waals surface area contributed by atoms with E-state index in [0.29, 0.717) is 5.56 Å². The fraction of sp³-hybridized carbons (Fsp3) is 0.600. The molecule has 0 amide bonds. The van der Waals surface area contributed by atoms with Crippen molar-refractivity contribution in [2.45, 2.75) is 92.4 Å². The molecule has 2 N–H and O–H groups in total. The SMILES string of the molecule is CCC(=O)Oc1ccc(C[C@H](N)C(=O)O[C@@H](C)C(C)OC(=O)CC(C)(C)C)cc1OC(=O)CC. The number of hydrogen-bond donors (Lipinski definition) is 1. The summed E-state index contributed by atoms with van der Waals surface area (Å²) in [5.41, 5.74) is 6.39. The second-order valence-corrected chi connectivity index (χ2v) is 9.32. The van der Waals surface area contributed by atoms with E-state index in [1.165, 1.54) is 12.1 Å². The molecule has 9 heteroatoms. The standard InChI is InChI=1S/C25H37NO8/c1-8-21(27)33-19-11-10-17(13-20(19)34-22(28)9-2)12-18(26)24(30)32-16(4)15(3)31-23(29)14-25(5,6)7/h10-11,13,15-16,18H,8-9,12,14,26H2,1-7H3/t15?,16-,18-/m0/s1. The molecule has 0 radical (unpaired) electrons. The van der Waals surface area contributed by atoms with E-state index in [1.54, 1.807) is 33.8 Å². The van der Waals surface area contributed by atoms with Crippen LogP contribution >= 0.6 is 0 Å². The monoisotopic (exact) mass is 479 g/mol. The van der Waals surface area contributed by atoms with Crippen LogP contribution in [0, 0.1) is 5.41 Å². The third kappa shape index (κ3) is 10.3. The van der Waals surface area contributed by atoms with Gasteiger partial charge in [-0.2, -0.15) is 0 Å². The summed E-state index contributed by atoms with van der Waals surface area (Å²) in [5.74, 6) is -1.84. The molecule has 34 heavy (non-hydrogen) atoms. The first-order chi connectivity index (χ1) is 15.7. The summed E-state index contributed by atoms with van der Waals surface area (Å²) in [5, 5.41) is 0. The van der Waals surface area contributed by atoms with E-state index < -0.39 is 36.2 Å². The van der Waals surface area contributed by atoms with Crippen LogP contribution in [0.15, 0.2) is 18.2 Å². The van der Waals surface area contributed by atoms with Crippen LogP contribution in [0.4, 0.5) is 0 Å². The van der Waals surface area contributed by atoms with Gasteiger partial charge in [0, 0.05) is 12.8 Å². The molecular weight excluding hydrogens is 442 g/mol. The number of benzene rings is 1. The molecule has 0 saturated carbocycles. The lowest BCUT2D eigenvalue weighted by molar-refractivity contribution is -0.167. The molecule has 1 unspecified atom stereocenters. The van der Waals surface area contributed by atoms with E-state index >= 15 is 0 Å². The molecule has 0 aromatic heterocycles. The zero-order chi connectivity index (χ0) is 26.1. The molecule has 0 aliphatic heterocycles. The molecular formula is C25H37NO8. The van der Waals surface area contributed by atoms with Crippen LogP contribution in [-0.2, 0) is 35.1 Å². The maximum absolute atomic E-state index is 12.5. The third-order valence-corrected chi connectivity index (χ3v) is 4.75. The number of carbonyl (C=O) groups is 4. The average molecular weight is 480 g/mol. The Labute approximate surface area is 201 Å². The molecule has 0 fully saturated rings. The molecule has 190 valence electrons. The van der Waals surface area contributed by atoms with Gasteiger partial charge in [-0.15, -0.1) is 0 Å². The first kappa shape index (κ1) is 29.1. The minimum absolute atomic E-state index is 0.0690. The van der Waals surface area contributed by atoms with Crippen molar-refractivity contribution < 1.29 is 38.1 Å². The van der Waals surface area contributed by atoms with Crippen molar-refractivity contribution in [2.75, 3.05) is 0 Å². The van der Waals surface area contributed by atoms with Crippen molar-refractivity contribution in [3.63, 3.8) is 0 Å². The molecule has 0 heterocycles. The summed E-state index contributed by atoms with van der Waals surface area (Å²) in [6.45, 7) is 12.3. The lowest BCUT2D eigenvalue weighted by atomic mass is 9.92. The summed E-state index contributed by atoms with van der Waals surface area (Å²) in [7, 11) is 0. The van der Waals surface area contributed by atoms with E-state index in [4.69, 9.17) is 24.7 Å². The molecule has 1 aromatic carbocycles. The molecule has 0 bridgehead atoms. The maximum Gasteiger partial charge on any atom is 0.323 e. The van der Waals surface area contributed by atoms with Gasteiger partial charge in [0.1, 0.15) is 18.2 Å². The zero-order valence-corrected chi connectivity index (χ0v) is 21.1. The smallest absolute Gasteiger partial charge is 0.323 e. The number of carbonyl (C=O) groups excluding carboxylic acids is 4. The summed E-state index contributed by atoms with van der Waals surface area (Å²) in [4.78, 5) is 47.9. The van der Waals surface area contributed by atoms with Crippen molar-refractivity contribution >= 4 is 23.9 Å². The first-order valence-corrected chi connectivity index (χ1v) is 11.5. The molecule has 0 saturated heterocycles. The highest BCUT2D eigenvalue weighted by molar-refractivity contribution is 5.77. The van der Waals surface area contributed by atoms with Crippen molar-refractivity contribution in [2.24, 2.45) is 11.1 Å². The Balaban J connectivity index is 2.81. The molecule has 0 spiro atoms. The quantitative estimate of drug-likeness (QED) is 0.374. The van der Waals surface area contributed by atoms with E-state index in [9.17, 15) is 19.2 Å². The van der Waals surface area contributed by atoms with E-state index in [2.05, 4.69) is 0 Å². The second-order valence-electron chi connectivity index (χ2n) is 9.32. The van der Waals surface area contributed by atoms with Crippen LogP contribution in [0.3, 0.4) is 0 Å². The minimum atomic E-state index is -1.02. The first-order valence-electron chi connectivity index (χ1n) is 11.5. The number of esters is 4. The highest BCUT2D eigenvalue weighted by Crippen LogP contribution is 2.30. The maximum atomic E-state index is 12.5. The van der Waals surface area contributed by atoms with Gasteiger partial charge in [-0.3, -0.25) is 19.2 Å². The van der Waals surface area contributed by atoms with Gasteiger partial charge in [0.05, 0.1) is 6.42 Å². The highest BCUT2D eigenvalue weighted by Gasteiger charge is 2.26. The van der Waals surface area contributed by atoms with Crippen LogP contribution < -0.4 is 15.2 Å². The fourth-order valence-electron chi connectivity index (χ4n) is 2.71. The van der Waals surface area contributed by atoms with Crippen molar-refractivity contribution in [1.82, 2.24) is 0 Å². The van der Waals surface area contributed by atoms with Gasteiger partial charge < -0.3 is 24.7 Å². The van der Waals surface area contributed by atoms with E-state index in [0.717, 1.165) is 0 Å². The molecule has 0 aliphatic rings. The third-order valence-electron chi connectivity index (χ3n) is 4.75. The van der Waals surface area contributed by atoms with Gasteiger partial charge in [0.15, 0.2) is 11.5 Å². The van der Waals surface area contributed by atoms with Crippen LogP contribution in [0.5, 0.6) is 11.5 Å².